The van der Waals surface area contributed by atoms with Gasteiger partial charge in [0, 0.05) is 17.4 Å². The SMILES string of the molecule is Cc1ccc(NC2CCCC2C)cc1N. The van der Waals surface area contributed by atoms with E-state index in [1.165, 1.54) is 19.3 Å². The second kappa shape index (κ2) is 4.13. The van der Waals surface area contributed by atoms with Gasteiger partial charge in [-0.15, -0.1) is 0 Å². The summed E-state index contributed by atoms with van der Waals surface area (Å²) >= 11 is 0. The quantitative estimate of drug-likeness (QED) is 0.726. The fourth-order valence-corrected chi connectivity index (χ4v) is 2.30. The largest absolute Gasteiger partial charge is 0.398 e. The Labute approximate surface area is 91.9 Å². The van der Waals surface area contributed by atoms with Crippen LogP contribution in [0.2, 0.25) is 0 Å². The molecule has 2 unspecified atom stereocenters. The molecule has 3 N–H and O–H groups in total. The zero-order chi connectivity index (χ0) is 10.8. The van der Waals surface area contributed by atoms with Crippen molar-refractivity contribution in [3.8, 4) is 0 Å². The van der Waals surface area contributed by atoms with Crippen molar-refractivity contribution in [2.45, 2.75) is 39.2 Å². The van der Waals surface area contributed by atoms with E-state index in [-0.39, 0.29) is 0 Å². The molecule has 82 valence electrons. The number of benzene rings is 1. The molecule has 0 spiro atoms. The van der Waals surface area contributed by atoms with Gasteiger partial charge in [-0.25, -0.2) is 0 Å². The van der Waals surface area contributed by atoms with Crippen LogP contribution in [0.5, 0.6) is 0 Å². The summed E-state index contributed by atoms with van der Waals surface area (Å²) in [5.74, 6) is 0.785. The zero-order valence-electron chi connectivity index (χ0n) is 9.59. The van der Waals surface area contributed by atoms with Crippen molar-refractivity contribution in [2.24, 2.45) is 5.92 Å². The van der Waals surface area contributed by atoms with E-state index in [4.69, 9.17) is 5.73 Å². The highest BCUT2D eigenvalue weighted by Crippen LogP contribution is 2.28. The highest BCUT2D eigenvalue weighted by molar-refractivity contribution is 5.58. The number of hydrogen-bond donors (Lipinski definition) is 2. The lowest BCUT2D eigenvalue weighted by atomic mass is 10.1. The third-order valence-electron chi connectivity index (χ3n) is 3.49. The number of rotatable bonds is 2. The molecule has 0 heterocycles. The van der Waals surface area contributed by atoms with Gasteiger partial charge in [0.2, 0.25) is 0 Å². The normalized spacial score (nSPS) is 25.5. The van der Waals surface area contributed by atoms with Crippen LogP contribution in [0.1, 0.15) is 31.7 Å². The first-order valence-electron chi connectivity index (χ1n) is 5.79. The number of nitrogen functional groups attached to an aromatic ring is 1. The van der Waals surface area contributed by atoms with Gasteiger partial charge in [-0.05, 0) is 43.4 Å². The van der Waals surface area contributed by atoms with E-state index >= 15 is 0 Å². The van der Waals surface area contributed by atoms with Crippen LogP contribution in [0.4, 0.5) is 11.4 Å². The predicted octanol–water partition coefficient (Wildman–Crippen LogP) is 3.18. The molecule has 0 radical (unpaired) electrons. The molecule has 0 amide bonds. The second-order valence-electron chi connectivity index (χ2n) is 4.73. The third-order valence-corrected chi connectivity index (χ3v) is 3.49. The second-order valence-corrected chi connectivity index (χ2v) is 4.73. The van der Waals surface area contributed by atoms with Crippen LogP contribution in [0, 0.1) is 12.8 Å². The Balaban J connectivity index is 2.07. The zero-order valence-corrected chi connectivity index (χ0v) is 9.59. The molecule has 1 aliphatic carbocycles. The first-order chi connectivity index (χ1) is 7.16. The van der Waals surface area contributed by atoms with E-state index in [1.807, 2.05) is 13.0 Å². The molecule has 1 aromatic carbocycles. The first kappa shape index (κ1) is 10.3. The summed E-state index contributed by atoms with van der Waals surface area (Å²) in [5.41, 5.74) is 9.09. The summed E-state index contributed by atoms with van der Waals surface area (Å²) in [5, 5.41) is 3.58. The van der Waals surface area contributed by atoms with E-state index in [1.54, 1.807) is 0 Å². The van der Waals surface area contributed by atoms with Crippen LogP contribution >= 0.6 is 0 Å². The summed E-state index contributed by atoms with van der Waals surface area (Å²) in [4.78, 5) is 0. The average molecular weight is 204 g/mol. The minimum Gasteiger partial charge on any atom is -0.398 e. The van der Waals surface area contributed by atoms with Crippen LogP contribution in [-0.2, 0) is 0 Å². The van der Waals surface area contributed by atoms with Crippen molar-refractivity contribution in [1.29, 1.82) is 0 Å². The Morgan fingerprint density at radius 1 is 1.33 bits per heavy atom. The van der Waals surface area contributed by atoms with Crippen molar-refractivity contribution in [3.05, 3.63) is 23.8 Å². The monoisotopic (exact) mass is 204 g/mol. The fraction of sp³-hybridized carbons (Fsp3) is 0.538. The summed E-state index contributed by atoms with van der Waals surface area (Å²) in [7, 11) is 0. The third kappa shape index (κ3) is 2.25. The molecule has 1 saturated carbocycles. The summed E-state index contributed by atoms with van der Waals surface area (Å²) in [6, 6.07) is 6.88. The van der Waals surface area contributed by atoms with Crippen molar-refractivity contribution < 1.29 is 0 Å². The Hall–Kier alpha value is -1.18. The summed E-state index contributed by atoms with van der Waals surface area (Å²) in [6.45, 7) is 4.36. The number of nitrogens with two attached hydrogens (primary N) is 1. The number of anilines is 2. The maximum Gasteiger partial charge on any atom is 0.0364 e. The maximum atomic E-state index is 5.89. The molecule has 1 fully saturated rings. The molecule has 2 rings (SSSR count). The van der Waals surface area contributed by atoms with Gasteiger partial charge in [0.15, 0.2) is 0 Å². The molecular weight excluding hydrogens is 184 g/mol. The lowest BCUT2D eigenvalue weighted by Gasteiger charge is -2.19. The summed E-state index contributed by atoms with van der Waals surface area (Å²) < 4.78 is 0. The fourth-order valence-electron chi connectivity index (χ4n) is 2.30. The summed E-state index contributed by atoms with van der Waals surface area (Å²) in [6.07, 6.45) is 3.98. The number of aryl methyl sites for hydroxylation is 1. The molecule has 0 aromatic heterocycles. The van der Waals surface area contributed by atoms with Crippen molar-refractivity contribution in [1.82, 2.24) is 0 Å². The molecule has 0 bridgehead atoms. The van der Waals surface area contributed by atoms with Gasteiger partial charge in [-0.2, -0.15) is 0 Å². The van der Waals surface area contributed by atoms with Gasteiger partial charge >= 0.3 is 0 Å². The molecule has 0 saturated heterocycles. The van der Waals surface area contributed by atoms with Gasteiger partial charge in [0.25, 0.3) is 0 Å². The topological polar surface area (TPSA) is 38.0 Å². The number of hydrogen-bond acceptors (Lipinski definition) is 2. The first-order valence-corrected chi connectivity index (χ1v) is 5.79. The number of nitrogens with one attached hydrogen (secondary N) is 1. The Bertz CT molecular complexity index is 346. The molecule has 1 aromatic rings. The Morgan fingerprint density at radius 3 is 2.73 bits per heavy atom. The molecule has 2 nitrogen and oxygen atoms in total. The van der Waals surface area contributed by atoms with E-state index in [2.05, 4.69) is 24.4 Å². The molecular formula is C13H20N2. The van der Waals surface area contributed by atoms with Gasteiger partial charge in [0.05, 0.1) is 0 Å². The molecule has 15 heavy (non-hydrogen) atoms. The van der Waals surface area contributed by atoms with Crippen molar-refractivity contribution in [2.75, 3.05) is 11.1 Å². The van der Waals surface area contributed by atoms with Crippen LogP contribution in [0.3, 0.4) is 0 Å². The van der Waals surface area contributed by atoms with Crippen LogP contribution in [0.25, 0.3) is 0 Å². The maximum absolute atomic E-state index is 5.89. The van der Waals surface area contributed by atoms with E-state index in [9.17, 15) is 0 Å². The van der Waals surface area contributed by atoms with Crippen LogP contribution < -0.4 is 11.1 Å². The Kier molecular flexibility index (Phi) is 2.85. The average Bonchev–Trinajstić information content (AvgIpc) is 2.59. The van der Waals surface area contributed by atoms with Crippen LogP contribution in [-0.4, -0.2) is 6.04 Å². The van der Waals surface area contributed by atoms with Crippen LogP contribution in [0.15, 0.2) is 18.2 Å². The smallest absolute Gasteiger partial charge is 0.0364 e. The highest BCUT2D eigenvalue weighted by atomic mass is 14.9. The Morgan fingerprint density at radius 2 is 2.13 bits per heavy atom. The van der Waals surface area contributed by atoms with Crippen molar-refractivity contribution >= 4 is 11.4 Å². The van der Waals surface area contributed by atoms with Gasteiger partial charge in [-0.3, -0.25) is 0 Å². The standard InChI is InChI=1S/C13H20N2/c1-9-6-7-11(8-12(9)14)15-13-5-3-4-10(13)2/h6-8,10,13,15H,3-5,14H2,1-2H3. The van der Waals surface area contributed by atoms with E-state index in [0.29, 0.717) is 6.04 Å². The highest BCUT2D eigenvalue weighted by Gasteiger charge is 2.22. The molecule has 2 heteroatoms. The minimum absolute atomic E-state index is 0.632. The lowest BCUT2D eigenvalue weighted by molar-refractivity contribution is 0.556. The molecule has 0 aliphatic heterocycles. The lowest BCUT2D eigenvalue weighted by Crippen LogP contribution is -2.21. The molecule has 2 atom stereocenters. The van der Waals surface area contributed by atoms with Gasteiger partial charge < -0.3 is 11.1 Å². The predicted molar refractivity (Wildman–Crippen MR) is 66.0 cm³/mol. The van der Waals surface area contributed by atoms with Gasteiger partial charge in [0.1, 0.15) is 0 Å². The van der Waals surface area contributed by atoms with Crippen molar-refractivity contribution in [3.63, 3.8) is 0 Å². The minimum atomic E-state index is 0.632. The van der Waals surface area contributed by atoms with E-state index < -0.39 is 0 Å². The molecule has 1 aliphatic rings. The van der Waals surface area contributed by atoms with Gasteiger partial charge in [-0.1, -0.05) is 19.4 Å². The van der Waals surface area contributed by atoms with E-state index in [0.717, 1.165) is 22.9 Å².